The van der Waals surface area contributed by atoms with Gasteiger partial charge in [0.1, 0.15) is 12.4 Å². The van der Waals surface area contributed by atoms with Crippen LogP contribution in [0.1, 0.15) is 15.9 Å². The van der Waals surface area contributed by atoms with Crippen molar-refractivity contribution < 1.29 is 24.2 Å². The molecule has 2 amide bonds. The number of anilines is 1. The number of hydrogen-bond acceptors (Lipinski definition) is 5. The van der Waals surface area contributed by atoms with Crippen LogP contribution >= 0.6 is 0 Å². The van der Waals surface area contributed by atoms with Gasteiger partial charge in [0.15, 0.2) is 5.78 Å². The summed E-state index contributed by atoms with van der Waals surface area (Å²) in [5, 5.41) is 8.99. The molecule has 28 heavy (non-hydrogen) atoms. The maximum absolute atomic E-state index is 13.2. The Morgan fingerprint density at radius 2 is 1.86 bits per heavy atom. The van der Waals surface area contributed by atoms with Gasteiger partial charge in [0, 0.05) is 30.4 Å². The molecule has 0 bridgehead atoms. The summed E-state index contributed by atoms with van der Waals surface area (Å²) in [5.41, 5.74) is 2.05. The average Bonchev–Trinajstić information content (AvgIpc) is 2.77. The summed E-state index contributed by atoms with van der Waals surface area (Å²) >= 11 is 0. The molecule has 0 atom stereocenters. The molecule has 3 rings (SSSR count). The van der Waals surface area contributed by atoms with E-state index in [0.29, 0.717) is 44.2 Å². The number of nitrogens with zero attached hydrogens (tertiary/aromatic N) is 2. The Morgan fingerprint density at radius 1 is 1.14 bits per heavy atom. The molecule has 0 saturated carbocycles. The standard InChI is InChI=1S/C21H24N2O5/c1-27-19-4-2-3-18(13-19)23(21(26)22-9-11-28-12-10-22)14-16-5-7-17(8-6-16)20(25)15-24/h2-8,13,24H,9-12,14-15H2,1H3. The number of methoxy groups -OCH3 is 1. The number of hydrogen-bond donors (Lipinski definition) is 1. The van der Waals surface area contributed by atoms with Crippen molar-refractivity contribution in [2.75, 3.05) is 44.9 Å². The van der Waals surface area contributed by atoms with Crippen LogP contribution in [0.15, 0.2) is 48.5 Å². The highest BCUT2D eigenvalue weighted by atomic mass is 16.5. The number of aliphatic hydroxyl groups is 1. The topological polar surface area (TPSA) is 79.3 Å². The first-order valence-corrected chi connectivity index (χ1v) is 9.13. The lowest BCUT2D eigenvalue weighted by molar-refractivity contribution is 0.0548. The Hall–Kier alpha value is -2.90. The van der Waals surface area contributed by atoms with E-state index in [0.717, 1.165) is 11.3 Å². The number of Topliss-reactive ketones (excluding diaryl/α,β-unsaturated/α-hetero) is 1. The molecular weight excluding hydrogens is 360 g/mol. The summed E-state index contributed by atoms with van der Waals surface area (Å²) < 4.78 is 10.7. The van der Waals surface area contributed by atoms with E-state index in [-0.39, 0.29) is 11.8 Å². The number of ketones is 1. The minimum Gasteiger partial charge on any atom is -0.497 e. The zero-order valence-electron chi connectivity index (χ0n) is 15.8. The van der Waals surface area contributed by atoms with Crippen LogP contribution in [0.2, 0.25) is 0 Å². The van der Waals surface area contributed by atoms with Crippen LogP contribution in [0.25, 0.3) is 0 Å². The molecule has 0 unspecified atom stereocenters. The Labute approximate surface area is 164 Å². The van der Waals surface area contributed by atoms with Crippen molar-refractivity contribution in [1.82, 2.24) is 4.90 Å². The second kappa shape index (κ2) is 9.34. The predicted octanol–water partition coefficient (Wildman–Crippen LogP) is 2.33. The summed E-state index contributed by atoms with van der Waals surface area (Å²) in [4.78, 5) is 28.3. The normalized spacial score (nSPS) is 13.9. The van der Waals surface area contributed by atoms with Crippen molar-refractivity contribution >= 4 is 17.5 Å². The Kier molecular flexibility index (Phi) is 6.62. The lowest BCUT2D eigenvalue weighted by Crippen LogP contribution is -2.48. The Bertz CT molecular complexity index is 816. The van der Waals surface area contributed by atoms with E-state index in [1.807, 2.05) is 24.3 Å². The fraction of sp³-hybridized carbons (Fsp3) is 0.333. The van der Waals surface area contributed by atoms with Crippen LogP contribution in [0.3, 0.4) is 0 Å². The molecule has 1 heterocycles. The number of aliphatic hydroxyl groups excluding tert-OH is 1. The smallest absolute Gasteiger partial charge is 0.324 e. The molecule has 148 valence electrons. The summed E-state index contributed by atoms with van der Waals surface area (Å²) in [6.45, 7) is 1.96. The fourth-order valence-electron chi connectivity index (χ4n) is 3.04. The molecule has 7 nitrogen and oxygen atoms in total. The number of amides is 2. The maximum Gasteiger partial charge on any atom is 0.324 e. The number of rotatable bonds is 6. The van der Waals surface area contributed by atoms with E-state index in [4.69, 9.17) is 14.6 Å². The van der Waals surface area contributed by atoms with E-state index in [1.54, 1.807) is 41.2 Å². The van der Waals surface area contributed by atoms with E-state index >= 15 is 0 Å². The van der Waals surface area contributed by atoms with E-state index < -0.39 is 6.61 Å². The van der Waals surface area contributed by atoms with E-state index in [1.165, 1.54) is 0 Å². The Balaban J connectivity index is 1.86. The molecule has 0 aromatic heterocycles. The summed E-state index contributed by atoms with van der Waals surface area (Å²) in [5.74, 6) is 0.335. The zero-order valence-corrected chi connectivity index (χ0v) is 15.8. The van der Waals surface area contributed by atoms with Gasteiger partial charge in [0.2, 0.25) is 0 Å². The van der Waals surface area contributed by atoms with Crippen molar-refractivity contribution in [3.05, 3.63) is 59.7 Å². The van der Waals surface area contributed by atoms with Crippen LogP contribution < -0.4 is 9.64 Å². The average molecular weight is 384 g/mol. The summed E-state index contributed by atoms with van der Waals surface area (Å²) in [6.07, 6.45) is 0. The number of benzene rings is 2. The first-order valence-electron chi connectivity index (χ1n) is 9.13. The zero-order chi connectivity index (χ0) is 19.9. The molecule has 2 aromatic carbocycles. The lowest BCUT2D eigenvalue weighted by Gasteiger charge is -2.33. The SMILES string of the molecule is COc1cccc(N(Cc2ccc(C(=O)CO)cc2)C(=O)N2CCOCC2)c1. The van der Waals surface area contributed by atoms with Gasteiger partial charge in [0.05, 0.1) is 26.9 Å². The highest BCUT2D eigenvalue weighted by molar-refractivity contribution is 5.97. The van der Waals surface area contributed by atoms with Crippen LogP contribution in [-0.4, -0.2) is 61.8 Å². The van der Waals surface area contributed by atoms with Crippen molar-refractivity contribution in [3.63, 3.8) is 0 Å². The van der Waals surface area contributed by atoms with Gasteiger partial charge in [-0.2, -0.15) is 0 Å². The van der Waals surface area contributed by atoms with Gasteiger partial charge in [-0.15, -0.1) is 0 Å². The summed E-state index contributed by atoms with van der Waals surface area (Å²) in [7, 11) is 1.59. The van der Waals surface area contributed by atoms with Gasteiger partial charge >= 0.3 is 6.03 Å². The molecular formula is C21H24N2O5. The van der Waals surface area contributed by atoms with Crippen molar-refractivity contribution in [3.8, 4) is 5.75 Å². The van der Waals surface area contributed by atoms with Gasteiger partial charge in [-0.3, -0.25) is 9.69 Å². The predicted molar refractivity (Wildman–Crippen MR) is 105 cm³/mol. The number of ether oxygens (including phenoxy) is 2. The molecule has 7 heteroatoms. The molecule has 0 radical (unpaired) electrons. The van der Waals surface area contributed by atoms with Crippen molar-refractivity contribution in [2.45, 2.75) is 6.54 Å². The van der Waals surface area contributed by atoms with Gasteiger partial charge in [-0.1, -0.05) is 30.3 Å². The minimum absolute atomic E-state index is 0.105. The molecule has 0 aliphatic carbocycles. The van der Waals surface area contributed by atoms with Crippen LogP contribution in [0, 0.1) is 0 Å². The van der Waals surface area contributed by atoms with Gasteiger partial charge in [-0.05, 0) is 17.7 Å². The van der Waals surface area contributed by atoms with Crippen LogP contribution in [0.5, 0.6) is 5.75 Å². The first-order chi connectivity index (χ1) is 13.6. The molecule has 1 aliphatic heterocycles. The van der Waals surface area contributed by atoms with Gasteiger partial charge < -0.3 is 19.5 Å². The number of carbonyl (C=O) groups is 2. The highest BCUT2D eigenvalue weighted by Gasteiger charge is 2.24. The molecule has 0 spiro atoms. The quantitative estimate of drug-likeness (QED) is 0.774. The summed E-state index contributed by atoms with van der Waals surface area (Å²) in [6, 6.07) is 14.2. The lowest BCUT2D eigenvalue weighted by atomic mass is 10.1. The highest BCUT2D eigenvalue weighted by Crippen LogP contribution is 2.24. The van der Waals surface area contributed by atoms with Crippen LogP contribution in [-0.2, 0) is 11.3 Å². The Morgan fingerprint density at radius 3 is 2.50 bits per heavy atom. The maximum atomic E-state index is 13.2. The number of carbonyl (C=O) groups excluding carboxylic acids is 2. The van der Waals surface area contributed by atoms with Gasteiger partial charge in [0.25, 0.3) is 0 Å². The largest absolute Gasteiger partial charge is 0.497 e. The molecule has 1 aliphatic rings. The minimum atomic E-state index is -0.523. The number of morpholine rings is 1. The fourth-order valence-corrected chi connectivity index (χ4v) is 3.04. The molecule has 1 saturated heterocycles. The second-order valence-electron chi connectivity index (χ2n) is 6.45. The van der Waals surface area contributed by atoms with E-state index in [2.05, 4.69) is 0 Å². The third-order valence-corrected chi connectivity index (χ3v) is 4.64. The van der Waals surface area contributed by atoms with Gasteiger partial charge in [-0.25, -0.2) is 4.79 Å². The molecule has 2 aromatic rings. The van der Waals surface area contributed by atoms with E-state index in [9.17, 15) is 9.59 Å². The van der Waals surface area contributed by atoms with Crippen molar-refractivity contribution in [1.29, 1.82) is 0 Å². The second-order valence-corrected chi connectivity index (χ2v) is 6.45. The molecule has 1 fully saturated rings. The molecule has 1 N–H and O–H groups in total. The third-order valence-electron chi connectivity index (χ3n) is 4.64. The first kappa shape index (κ1) is 19.9. The van der Waals surface area contributed by atoms with Crippen molar-refractivity contribution in [2.24, 2.45) is 0 Å². The monoisotopic (exact) mass is 384 g/mol. The van der Waals surface area contributed by atoms with Crippen LogP contribution in [0.4, 0.5) is 10.5 Å². The third kappa shape index (κ3) is 4.68. The number of urea groups is 1.